The Balaban J connectivity index is 3.21. The Morgan fingerprint density at radius 2 is 1.53 bits per heavy atom. The van der Waals surface area contributed by atoms with Crippen molar-refractivity contribution in [3.8, 4) is 0 Å². The van der Waals surface area contributed by atoms with Crippen molar-refractivity contribution < 1.29 is 5.11 Å². The van der Waals surface area contributed by atoms with Crippen LogP contribution < -0.4 is 5.73 Å². The van der Waals surface area contributed by atoms with Gasteiger partial charge >= 0.3 is 0 Å². The van der Waals surface area contributed by atoms with E-state index in [0.717, 1.165) is 11.1 Å². The monoisotopic (exact) mass is 207 g/mol. The minimum atomic E-state index is -0.614. The maximum absolute atomic E-state index is 10.1. The molecule has 0 aliphatic carbocycles. The SMILES string of the molecule is Cc1cc(C)c(C(O)C(C)(C)N)cc1C. The predicted molar refractivity (Wildman–Crippen MR) is 63.9 cm³/mol. The maximum Gasteiger partial charge on any atom is 0.0966 e. The van der Waals surface area contributed by atoms with Crippen molar-refractivity contribution in [3.05, 3.63) is 34.4 Å². The highest BCUT2D eigenvalue weighted by Crippen LogP contribution is 2.28. The van der Waals surface area contributed by atoms with Crippen molar-refractivity contribution >= 4 is 0 Å². The largest absolute Gasteiger partial charge is 0.386 e. The van der Waals surface area contributed by atoms with Gasteiger partial charge in [0.05, 0.1) is 6.10 Å². The summed E-state index contributed by atoms with van der Waals surface area (Å²) in [4.78, 5) is 0. The Kier molecular flexibility index (Phi) is 3.22. The zero-order valence-corrected chi connectivity index (χ0v) is 10.3. The van der Waals surface area contributed by atoms with E-state index in [2.05, 4.69) is 19.9 Å². The lowest BCUT2D eigenvalue weighted by atomic mass is 9.88. The standard InChI is InChI=1S/C13H21NO/c1-8-6-10(3)11(7-9(8)2)12(15)13(4,5)14/h6-7,12,15H,14H2,1-5H3. The fourth-order valence-electron chi connectivity index (χ4n) is 1.68. The van der Waals surface area contributed by atoms with Crippen molar-refractivity contribution in [2.24, 2.45) is 5.73 Å². The molecule has 84 valence electrons. The van der Waals surface area contributed by atoms with Gasteiger partial charge in [-0.05, 0) is 56.9 Å². The zero-order chi connectivity index (χ0) is 11.8. The van der Waals surface area contributed by atoms with Crippen molar-refractivity contribution in [1.29, 1.82) is 0 Å². The quantitative estimate of drug-likeness (QED) is 0.782. The Morgan fingerprint density at radius 3 is 2.00 bits per heavy atom. The molecule has 0 amide bonds. The van der Waals surface area contributed by atoms with E-state index in [1.807, 2.05) is 26.8 Å². The molecule has 1 unspecified atom stereocenters. The molecule has 0 saturated heterocycles. The average Bonchev–Trinajstić information content (AvgIpc) is 2.08. The highest BCUT2D eigenvalue weighted by molar-refractivity contribution is 5.38. The van der Waals surface area contributed by atoms with Crippen LogP contribution in [0.1, 0.15) is 42.2 Å². The molecule has 3 N–H and O–H groups in total. The number of hydrogen-bond donors (Lipinski definition) is 2. The molecule has 0 spiro atoms. The normalized spacial score (nSPS) is 14.1. The molecule has 1 aromatic rings. The van der Waals surface area contributed by atoms with Gasteiger partial charge in [0.1, 0.15) is 0 Å². The lowest BCUT2D eigenvalue weighted by molar-refractivity contribution is 0.104. The summed E-state index contributed by atoms with van der Waals surface area (Å²) in [5.41, 5.74) is 9.79. The Labute approximate surface area is 92.1 Å². The molecule has 0 aliphatic rings. The van der Waals surface area contributed by atoms with Crippen molar-refractivity contribution in [3.63, 3.8) is 0 Å². The highest BCUT2D eigenvalue weighted by Gasteiger charge is 2.25. The molecule has 0 fully saturated rings. The van der Waals surface area contributed by atoms with Gasteiger partial charge in [0.25, 0.3) is 0 Å². The van der Waals surface area contributed by atoms with Gasteiger partial charge in [-0.15, -0.1) is 0 Å². The Hall–Kier alpha value is -0.860. The first-order valence-corrected chi connectivity index (χ1v) is 5.28. The van der Waals surface area contributed by atoms with E-state index in [1.54, 1.807) is 0 Å². The molecule has 1 atom stereocenters. The molecule has 0 radical (unpaired) electrons. The van der Waals surface area contributed by atoms with Crippen molar-refractivity contribution in [1.82, 2.24) is 0 Å². The summed E-state index contributed by atoms with van der Waals surface area (Å²) in [5.74, 6) is 0. The number of aliphatic hydroxyl groups is 1. The number of benzene rings is 1. The smallest absolute Gasteiger partial charge is 0.0966 e. The first-order chi connectivity index (χ1) is 6.73. The number of aryl methyl sites for hydroxylation is 3. The van der Waals surface area contributed by atoms with E-state index < -0.39 is 11.6 Å². The molecule has 0 aromatic heterocycles. The van der Waals surface area contributed by atoms with Gasteiger partial charge in [-0.3, -0.25) is 0 Å². The Morgan fingerprint density at radius 1 is 1.07 bits per heavy atom. The van der Waals surface area contributed by atoms with Crippen LogP contribution in [0.2, 0.25) is 0 Å². The van der Waals surface area contributed by atoms with Gasteiger partial charge in [0.2, 0.25) is 0 Å². The molecule has 0 saturated carbocycles. The summed E-state index contributed by atoms with van der Waals surface area (Å²) in [6, 6.07) is 4.13. The second-order valence-electron chi connectivity index (χ2n) is 5.02. The van der Waals surface area contributed by atoms with Gasteiger partial charge in [0.15, 0.2) is 0 Å². The lowest BCUT2D eigenvalue weighted by Crippen LogP contribution is -2.39. The molecule has 15 heavy (non-hydrogen) atoms. The summed E-state index contributed by atoms with van der Waals surface area (Å²) in [6.07, 6.45) is -0.614. The lowest BCUT2D eigenvalue weighted by Gasteiger charge is -2.28. The van der Waals surface area contributed by atoms with E-state index in [1.165, 1.54) is 11.1 Å². The third-order valence-electron chi connectivity index (χ3n) is 2.88. The first kappa shape index (κ1) is 12.2. The highest BCUT2D eigenvalue weighted by atomic mass is 16.3. The first-order valence-electron chi connectivity index (χ1n) is 5.28. The molecular weight excluding hydrogens is 186 g/mol. The molecule has 0 bridgehead atoms. The van der Waals surface area contributed by atoms with E-state index in [4.69, 9.17) is 5.73 Å². The molecular formula is C13H21NO. The zero-order valence-electron chi connectivity index (χ0n) is 10.3. The van der Waals surface area contributed by atoms with Crippen LogP contribution in [0.5, 0.6) is 0 Å². The van der Waals surface area contributed by atoms with E-state index >= 15 is 0 Å². The molecule has 2 nitrogen and oxygen atoms in total. The second-order valence-corrected chi connectivity index (χ2v) is 5.02. The van der Waals surface area contributed by atoms with Crippen LogP contribution in [0.4, 0.5) is 0 Å². The van der Waals surface area contributed by atoms with Crippen LogP contribution >= 0.6 is 0 Å². The van der Waals surface area contributed by atoms with E-state index in [-0.39, 0.29) is 0 Å². The molecule has 0 aliphatic heterocycles. The van der Waals surface area contributed by atoms with Crippen LogP contribution in [0, 0.1) is 20.8 Å². The van der Waals surface area contributed by atoms with Crippen molar-refractivity contribution in [2.45, 2.75) is 46.3 Å². The maximum atomic E-state index is 10.1. The number of aliphatic hydroxyl groups excluding tert-OH is 1. The summed E-state index contributed by atoms with van der Waals surface area (Å²) in [6.45, 7) is 9.82. The van der Waals surface area contributed by atoms with Crippen LogP contribution in [-0.2, 0) is 0 Å². The van der Waals surface area contributed by atoms with Crippen LogP contribution in [0.3, 0.4) is 0 Å². The second kappa shape index (κ2) is 3.95. The number of hydrogen-bond acceptors (Lipinski definition) is 2. The van der Waals surface area contributed by atoms with Crippen LogP contribution in [0.25, 0.3) is 0 Å². The van der Waals surface area contributed by atoms with E-state index in [9.17, 15) is 5.11 Å². The Bertz CT molecular complexity index is 364. The number of nitrogens with two attached hydrogens (primary N) is 1. The summed E-state index contributed by atoms with van der Waals surface area (Å²) >= 11 is 0. The summed E-state index contributed by atoms with van der Waals surface area (Å²) in [5, 5.41) is 10.1. The van der Waals surface area contributed by atoms with Gasteiger partial charge in [0, 0.05) is 5.54 Å². The minimum Gasteiger partial charge on any atom is -0.386 e. The van der Waals surface area contributed by atoms with Gasteiger partial charge in [-0.1, -0.05) is 12.1 Å². The van der Waals surface area contributed by atoms with Crippen molar-refractivity contribution in [2.75, 3.05) is 0 Å². The minimum absolute atomic E-state index is 0.605. The molecule has 1 rings (SSSR count). The topological polar surface area (TPSA) is 46.2 Å². The van der Waals surface area contributed by atoms with Crippen LogP contribution in [-0.4, -0.2) is 10.6 Å². The third kappa shape index (κ3) is 2.58. The molecule has 2 heteroatoms. The summed E-state index contributed by atoms with van der Waals surface area (Å²) < 4.78 is 0. The number of rotatable bonds is 2. The summed E-state index contributed by atoms with van der Waals surface area (Å²) in [7, 11) is 0. The third-order valence-corrected chi connectivity index (χ3v) is 2.88. The predicted octanol–water partition coefficient (Wildman–Crippen LogP) is 2.38. The fourth-order valence-corrected chi connectivity index (χ4v) is 1.68. The van der Waals surface area contributed by atoms with Gasteiger partial charge in [-0.25, -0.2) is 0 Å². The fraction of sp³-hybridized carbons (Fsp3) is 0.538. The van der Waals surface area contributed by atoms with Crippen LogP contribution in [0.15, 0.2) is 12.1 Å². The van der Waals surface area contributed by atoms with Gasteiger partial charge < -0.3 is 10.8 Å². The molecule has 0 heterocycles. The molecule has 1 aromatic carbocycles. The van der Waals surface area contributed by atoms with E-state index in [0.29, 0.717) is 0 Å². The average molecular weight is 207 g/mol. The van der Waals surface area contributed by atoms with Gasteiger partial charge in [-0.2, -0.15) is 0 Å².